The van der Waals surface area contributed by atoms with Gasteiger partial charge in [-0.2, -0.15) is 5.26 Å². The number of oxazole rings is 1. The van der Waals surface area contributed by atoms with Crippen LogP contribution < -0.4 is 9.64 Å². The number of benzene rings is 1. The van der Waals surface area contributed by atoms with Crippen LogP contribution in [0.5, 0.6) is 5.88 Å². The average molecular weight is 595 g/mol. The summed E-state index contributed by atoms with van der Waals surface area (Å²) in [5.41, 5.74) is 3.94. The summed E-state index contributed by atoms with van der Waals surface area (Å²) in [5.74, 6) is 0.0744. The Morgan fingerprint density at radius 2 is 1.95 bits per heavy atom. The molecule has 4 heterocycles. The van der Waals surface area contributed by atoms with Crippen LogP contribution in [0.2, 0.25) is 0 Å². The van der Waals surface area contributed by atoms with Crippen molar-refractivity contribution >= 4 is 38.9 Å². The van der Waals surface area contributed by atoms with Crippen molar-refractivity contribution < 1.29 is 23.8 Å². The number of anilines is 1. The number of aromatic carboxylic acids is 1. The number of morpholine rings is 1. The summed E-state index contributed by atoms with van der Waals surface area (Å²) in [5, 5.41) is 19.4. The molecule has 3 aromatic heterocycles. The summed E-state index contributed by atoms with van der Waals surface area (Å²) in [7, 11) is 0. The lowest BCUT2D eigenvalue weighted by atomic mass is 10.0. The standard InChI is InChI=1S/C27H23BrN4O5S/c1-15-25(37-16(2)30-15)19-11-22(17-3-5-18(6-4-17)32-7-9-35-10-8-32)31-26(20(19)13-29)36-14-24-21(28)12-23(38-24)27(33)34/h3-6,11-12H,7-10,14H2,1-2H3,(H,33,34). The van der Waals surface area contributed by atoms with Crippen molar-refractivity contribution in [2.75, 3.05) is 31.2 Å². The van der Waals surface area contributed by atoms with E-state index in [4.69, 9.17) is 18.9 Å². The molecule has 9 nitrogen and oxygen atoms in total. The van der Waals surface area contributed by atoms with Crippen LogP contribution in [0.3, 0.4) is 0 Å². The molecule has 1 fully saturated rings. The Hall–Kier alpha value is -3.72. The molecule has 38 heavy (non-hydrogen) atoms. The van der Waals surface area contributed by atoms with Crippen molar-refractivity contribution in [2.24, 2.45) is 0 Å². The fourth-order valence-corrected chi connectivity index (χ4v) is 5.79. The van der Waals surface area contributed by atoms with Crippen molar-refractivity contribution in [3.05, 3.63) is 67.8 Å². The van der Waals surface area contributed by atoms with Crippen LogP contribution >= 0.6 is 27.3 Å². The first kappa shape index (κ1) is 25.9. The van der Waals surface area contributed by atoms with Gasteiger partial charge in [0.05, 0.1) is 29.5 Å². The second-order valence-corrected chi connectivity index (χ2v) is 10.6. The summed E-state index contributed by atoms with van der Waals surface area (Å²) >= 11 is 4.49. The van der Waals surface area contributed by atoms with Gasteiger partial charge in [0.1, 0.15) is 23.1 Å². The van der Waals surface area contributed by atoms with Gasteiger partial charge in [0.2, 0.25) is 5.88 Å². The van der Waals surface area contributed by atoms with Gasteiger partial charge < -0.3 is 23.9 Å². The number of carboxylic acid groups (broad SMARTS) is 1. The molecule has 0 unspecified atom stereocenters. The number of aromatic nitrogens is 2. The molecule has 1 aliphatic heterocycles. The molecule has 194 valence electrons. The first-order valence-corrected chi connectivity index (χ1v) is 13.4. The molecule has 0 aliphatic carbocycles. The Morgan fingerprint density at radius 1 is 1.21 bits per heavy atom. The molecule has 5 rings (SSSR count). The number of nitrogens with zero attached hydrogens (tertiary/aromatic N) is 4. The molecular weight excluding hydrogens is 572 g/mol. The van der Waals surface area contributed by atoms with Gasteiger partial charge in [-0.3, -0.25) is 0 Å². The van der Waals surface area contributed by atoms with Gasteiger partial charge in [0.25, 0.3) is 0 Å². The minimum atomic E-state index is -1.02. The molecule has 1 N–H and O–H groups in total. The van der Waals surface area contributed by atoms with Crippen molar-refractivity contribution in [3.8, 4) is 34.5 Å². The highest BCUT2D eigenvalue weighted by molar-refractivity contribution is 9.10. The van der Waals surface area contributed by atoms with E-state index in [0.29, 0.717) is 51.2 Å². The van der Waals surface area contributed by atoms with Crippen LogP contribution in [0.4, 0.5) is 5.69 Å². The lowest BCUT2D eigenvalue weighted by molar-refractivity contribution is 0.0702. The van der Waals surface area contributed by atoms with E-state index in [2.05, 4.69) is 31.9 Å². The lowest BCUT2D eigenvalue weighted by Crippen LogP contribution is -2.36. The Balaban J connectivity index is 1.55. The van der Waals surface area contributed by atoms with Crippen molar-refractivity contribution in [2.45, 2.75) is 20.5 Å². The highest BCUT2D eigenvalue weighted by atomic mass is 79.9. The number of aryl methyl sites for hydroxylation is 2. The topological polar surface area (TPSA) is 122 Å². The highest BCUT2D eigenvalue weighted by Crippen LogP contribution is 2.37. The van der Waals surface area contributed by atoms with E-state index in [1.165, 1.54) is 6.07 Å². The van der Waals surface area contributed by atoms with Gasteiger partial charge in [-0.15, -0.1) is 11.3 Å². The summed E-state index contributed by atoms with van der Waals surface area (Å²) in [6, 6.07) is 13.6. The molecule has 0 bridgehead atoms. The number of pyridine rings is 1. The van der Waals surface area contributed by atoms with E-state index in [0.717, 1.165) is 35.7 Å². The molecule has 0 amide bonds. The Labute approximate surface area is 231 Å². The second-order valence-electron chi connectivity index (χ2n) is 8.62. The first-order chi connectivity index (χ1) is 18.3. The summed E-state index contributed by atoms with van der Waals surface area (Å²) in [6.45, 7) is 6.68. The minimum absolute atomic E-state index is 0.0352. The quantitative estimate of drug-likeness (QED) is 0.281. The van der Waals surface area contributed by atoms with Gasteiger partial charge in [-0.1, -0.05) is 12.1 Å². The molecule has 11 heteroatoms. The molecule has 4 aromatic rings. The normalized spacial score (nSPS) is 13.4. The van der Waals surface area contributed by atoms with E-state index >= 15 is 0 Å². The largest absolute Gasteiger partial charge is 0.477 e. The van der Waals surface area contributed by atoms with Crippen molar-refractivity contribution in [1.82, 2.24) is 9.97 Å². The first-order valence-electron chi connectivity index (χ1n) is 11.8. The third kappa shape index (κ3) is 5.29. The second kappa shape index (κ2) is 10.9. The van der Waals surface area contributed by atoms with Crippen molar-refractivity contribution in [3.63, 3.8) is 0 Å². The van der Waals surface area contributed by atoms with Crippen LogP contribution in [-0.2, 0) is 11.3 Å². The van der Waals surface area contributed by atoms with Gasteiger partial charge in [0.15, 0.2) is 11.7 Å². The number of carboxylic acids is 1. The Kier molecular flexibility index (Phi) is 7.46. The SMILES string of the molecule is Cc1nc(C)c(-c2cc(-c3ccc(N4CCOCC4)cc3)nc(OCc3sc(C(=O)O)cc3Br)c2C#N)o1. The maximum Gasteiger partial charge on any atom is 0.345 e. The summed E-state index contributed by atoms with van der Waals surface area (Å²) in [6.07, 6.45) is 0. The molecule has 1 saturated heterocycles. The zero-order valence-corrected chi connectivity index (χ0v) is 23.1. The van der Waals surface area contributed by atoms with E-state index in [-0.39, 0.29) is 22.9 Å². The lowest BCUT2D eigenvalue weighted by Gasteiger charge is -2.28. The van der Waals surface area contributed by atoms with Crippen LogP contribution in [0.25, 0.3) is 22.6 Å². The molecule has 0 radical (unpaired) electrons. The van der Waals surface area contributed by atoms with Crippen LogP contribution in [-0.4, -0.2) is 47.3 Å². The number of thiophene rings is 1. The maximum absolute atomic E-state index is 11.4. The van der Waals surface area contributed by atoms with E-state index in [1.54, 1.807) is 6.92 Å². The third-order valence-electron chi connectivity index (χ3n) is 6.09. The summed E-state index contributed by atoms with van der Waals surface area (Å²) in [4.78, 5) is 23.6. The molecule has 1 aliphatic rings. The zero-order chi connectivity index (χ0) is 26.8. The number of hydrogen-bond donors (Lipinski definition) is 1. The maximum atomic E-state index is 11.4. The van der Waals surface area contributed by atoms with Gasteiger partial charge in [-0.05, 0) is 47.1 Å². The fraction of sp³-hybridized carbons (Fsp3) is 0.259. The van der Waals surface area contributed by atoms with E-state index < -0.39 is 5.97 Å². The van der Waals surface area contributed by atoms with Crippen LogP contribution in [0.1, 0.15) is 31.7 Å². The van der Waals surface area contributed by atoms with Crippen LogP contribution in [0, 0.1) is 25.2 Å². The molecule has 0 saturated carbocycles. The number of hydrogen-bond acceptors (Lipinski definition) is 9. The predicted molar refractivity (Wildman–Crippen MR) is 146 cm³/mol. The molecular formula is C27H23BrN4O5S. The zero-order valence-electron chi connectivity index (χ0n) is 20.7. The smallest absolute Gasteiger partial charge is 0.345 e. The molecule has 0 atom stereocenters. The fourth-order valence-electron chi connectivity index (χ4n) is 4.25. The number of nitriles is 1. The number of halogens is 1. The van der Waals surface area contributed by atoms with E-state index in [9.17, 15) is 15.2 Å². The highest BCUT2D eigenvalue weighted by Gasteiger charge is 2.22. The Bertz CT molecular complexity index is 1530. The van der Waals surface area contributed by atoms with E-state index in [1.807, 2.05) is 37.3 Å². The van der Waals surface area contributed by atoms with Gasteiger partial charge in [0, 0.05) is 41.3 Å². The number of rotatable bonds is 7. The average Bonchev–Trinajstić information content (AvgIpc) is 3.47. The Morgan fingerprint density at radius 3 is 2.55 bits per heavy atom. The predicted octanol–water partition coefficient (Wildman–Crippen LogP) is 5.83. The monoisotopic (exact) mass is 594 g/mol. The summed E-state index contributed by atoms with van der Waals surface area (Å²) < 4.78 is 18.0. The molecule has 0 spiro atoms. The van der Waals surface area contributed by atoms with Crippen LogP contribution in [0.15, 0.2) is 45.3 Å². The van der Waals surface area contributed by atoms with Crippen molar-refractivity contribution in [1.29, 1.82) is 5.26 Å². The van der Waals surface area contributed by atoms with Gasteiger partial charge in [-0.25, -0.2) is 14.8 Å². The molecule has 1 aromatic carbocycles. The number of ether oxygens (including phenoxy) is 2. The minimum Gasteiger partial charge on any atom is -0.477 e. The third-order valence-corrected chi connectivity index (χ3v) is 8.16. The van der Waals surface area contributed by atoms with Gasteiger partial charge >= 0.3 is 5.97 Å². The number of carbonyl (C=O) groups is 1.